The molecule has 10 heteroatoms. The topological polar surface area (TPSA) is 99.9 Å². The van der Waals surface area contributed by atoms with E-state index in [0.29, 0.717) is 51.0 Å². The number of aryl methyl sites for hydroxylation is 1. The van der Waals surface area contributed by atoms with Crippen LogP contribution < -0.4 is 9.80 Å². The highest BCUT2D eigenvalue weighted by Gasteiger charge is 2.31. The largest absolute Gasteiger partial charge is 0.324 e. The van der Waals surface area contributed by atoms with Crippen molar-refractivity contribution in [2.75, 3.05) is 42.5 Å². The molecule has 0 N–H and O–H groups in total. The smallest absolute Gasteiger partial charge is 0.322 e. The molecule has 0 saturated carbocycles. The molecule has 33 heavy (non-hydrogen) atoms. The summed E-state index contributed by atoms with van der Waals surface area (Å²) >= 11 is 0. The third-order valence-electron chi connectivity index (χ3n) is 6.09. The molecule has 0 bridgehead atoms. The van der Waals surface area contributed by atoms with Crippen LogP contribution in [0.1, 0.15) is 18.4 Å². The van der Waals surface area contributed by atoms with Gasteiger partial charge in [0.2, 0.25) is 21.8 Å². The van der Waals surface area contributed by atoms with Gasteiger partial charge in [0, 0.05) is 50.4 Å². The van der Waals surface area contributed by atoms with Crippen LogP contribution >= 0.6 is 0 Å². The molecule has 0 unspecified atom stereocenters. The molecular formula is C23H25N5O4S. The fourth-order valence-corrected chi connectivity index (χ4v) is 5.57. The van der Waals surface area contributed by atoms with E-state index in [4.69, 9.17) is 4.52 Å². The summed E-state index contributed by atoms with van der Waals surface area (Å²) in [5, 5.41) is 4.07. The molecule has 1 aromatic heterocycles. The van der Waals surface area contributed by atoms with Gasteiger partial charge in [-0.05, 0) is 37.6 Å². The molecule has 2 fully saturated rings. The van der Waals surface area contributed by atoms with Gasteiger partial charge in [0.05, 0.1) is 4.90 Å². The molecule has 1 amide bonds. The number of benzene rings is 2. The van der Waals surface area contributed by atoms with Crippen molar-refractivity contribution in [3.63, 3.8) is 0 Å². The van der Waals surface area contributed by atoms with Crippen LogP contribution in [0.15, 0.2) is 57.9 Å². The summed E-state index contributed by atoms with van der Waals surface area (Å²) in [6.45, 7) is 4.23. The Bertz CT molecular complexity index is 1250. The second kappa shape index (κ2) is 8.60. The second-order valence-electron chi connectivity index (χ2n) is 8.30. The zero-order valence-corrected chi connectivity index (χ0v) is 19.2. The Morgan fingerprint density at radius 1 is 0.909 bits per heavy atom. The van der Waals surface area contributed by atoms with E-state index in [1.807, 2.05) is 36.1 Å². The Hall–Kier alpha value is -3.24. The van der Waals surface area contributed by atoms with E-state index < -0.39 is 10.0 Å². The fourth-order valence-electron chi connectivity index (χ4n) is 4.15. The lowest BCUT2D eigenvalue weighted by atomic mass is 10.1. The van der Waals surface area contributed by atoms with E-state index in [1.54, 1.807) is 29.2 Å². The minimum Gasteiger partial charge on any atom is -0.322 e. The van der Waals surface area contributed by atoms with E-state index in [9.17, 15) is 13.2 Å². The van der Waals surface area contributed by atoms with Crippen molar-refractivity contribution in [2.24, 2.45) is 0 Å². The standard InChI is InChI=1S/C23H25N5O4S/c1-17-4-6-18(7-5-17)22-24-23(32-25-22)26-13-15-27(16-14-26)33(30,31)20-10-8-19(9-11-20)28-12-2-3-21(28)29/h4-11H,2-3,12-16H2,1H3. The number of carbonyl (C=O) groups is 1. The zero-order valence-electron chi connectivity index (χ0n) is 18.3. The molecule has 2 saturated heterocycles. The summed E-state index contributed by atoms with van der Waals surface area (Å²) in [4.78, 5) is 20.2. The van der Waals surface area contributed by atoms with Crippen molar-refractivity contribution in [1.82, 2.24) is 14.4 Å². The molecule has 9 nitrogen and oxygen atoms in total. The average Bonchev–Trinajstić information content (AvgIpc) is 3.49. The van der Waals surface area contributed by atoms with Gasteiger partial charge in [-0.2, -0.15) is 9.29 Å². The molecule has 3 aromatic rings. The molecule has 3 heterocycles. The van der Waals surface area contributed by atoms with E-state index >= 15 is 0 Å². The van der Waals surface area contributed by atoms with Gasteiger partial charge in [-0.3, -0.25) is 4.79 Å². The zero-order chi connectivity index (χ0) is 23.0. The highest BCUT2D eigenvalue weighted by molar-refractivity contribution is 7.89. The Morgan fingerprint density at radius 2 is 1.61 bits per heavy atom. The minimum absolute atomic E-state index is 0.0771. The minimum atomic E-state index is -3.63. The number of aromatic nitrogens is 2. The summed E-state index contributed by atoms with van der Waals surface area (Å²) in [6, 6.07) is 14.8. The van der Waals surface area contributed by atoms with E-state index in [2.05, 4.69) is 10.1 Å². The second-order valence-corrected chi connectivity index (χ2v) is 10.2. The lowest BCUT2D eigenvalue weighted by Crippen LogP contribution is -2.48. The Balaban J connectivity index is 1.24. The van der Waals surface area contributed by atoms with Crippen molar-refractivity contribution < 1.29 is 17.7 Å². The monoisotopic (exact) mass is 467 g/mol. The summed E-state index contributed by atoms with van der Waals surface area (Å²) in [5.74, 6) is 0.588. The lowest BCUT2D eigenvalue weighted by Gasteiger charge is -2.32. The highest BCUT2D eigenvalue weighted by Crippen LogP contribution is 2.26. The Morgan fingerprint density at radius 3 is 2.24 bits per heavy atom. The molecule has 172 valence electrons. The van der Waals surface area contributed by atoms with Crippen molar-refractivity contribution in [1.29, 1.82) is 0 Å². The van der Waals surface area contributed by atoms with E-state index in [-0.39, 0.29) is 10.8 Å². The Labute approximate surface area is 192 Å². The normalized spacial score (nSPS) is 17.7. The van der Waals surface area contributed by atoms with Gasteiger partial charge in [0.15, 0.2) is 0 Å². The van der Waals surface area contributed by atoms with Crippen molar-refractivity contribution in [3.8, 4) is 11.4 Å². The highest BCUT2D eigenvalue weighted by atomic mass is 32.2. The molecule has 5 rings (SSSR count). The number of sulfonamides is 1. The first-order chi connectivity index (χ1) is 15.9. The first-order valence-corrected chi connectivity index (χ1v) is 12.4. The van der Waals surface area contributed by atoms with Gasteiger partial charge in [0.25, 0.3) is 0 Å². The van der Waals surface area contributed by atoms with Crippen molar-refractivity contribution in [3.05, 3.63) is 54.1 Å². The fraction of sp³-hybridized carbons (Fsp3) is 0.348. The molecule has 0 radical (unpaired) electrons. The summed E-state index contributed by atoms with van der Waals surface area (Å²) in [7, 11) is -3.63. The molecule has 0 spiro atoms. The van der Waals surface area contributed by atoms with Gasteiger partial charge in [-0.25, -0.2) is 8.42 Å². The van der Waals surface area contributed by atoms with Crippen molar-refractivity contribution in [2.45, 2.75) is 24.7 Å². The number of amides is 1. The van der Waals surface area contributed by atoms with E-state index in [1.165, 1.54) is 4.31 Å². The average molecular weight is 468 g/mol. The van der Waals surface area contributed by atoms with Crippen LogP contribution in [-0.2, 0) is 14.8 Å². The molecule has 0 aliphatic carbocycles. The van der Waals surface area contributed by atoms with Crippen molar-refractivity contribution >= 4 is 27.6 Å². The van der Waals surface area contributed by atoms with Gasteiger partial charge in [0.1, 0.15) is 0 Å². The number of hydrogen-bond donors (Lipinski definition) is 0. The predicted molar refractivity (Wildman–Crippen MR) is 123 cm³/mol. The van der Waals surface area contributed by atoms with Crippen LogP contribution in [-0.4, -0.2) is 61.5 Å². The number of hydrogen-bond acceptors (Lipinski definition) is 7. The first kappa shape index (κ1) is 21.6. The lowest BCUT2D eigenvalue weighted by molar-refractivity contribution is -0.117. The van der Waals surface area contributed by atoms with Crippen LogP contribution in [0.2, 0.25) is 0 Å². The number of nitrogens with zero attached hydrogens (tertiary/aromatic N) is 5. The van der Waals surface area contributed by atoms with Gasteiger partial charge in [-0.1, -0.05) is 35.0 Å². The molecule has 2 aromatic carbocycles. The first-order valence-electron chi connectivity index (χ1n) is 11.0. The maximum absolute atomic E-state index is 13.1. The molecule has 2 aliphatic heterocycles. The van der Waals surface area contributed by atoms with Crippen LogP contribution in [0.4, 0.5) is 11.7 Å². The maximum Gasteiger partial charge on any atom is 0.324 e. The molecule has 0 atom stereocenters. The number of rotatable bonds is 5. The molecular weight excluding hydrogens is 442 g/mol. The maximum atomic E-state index is 13.1. The van der Waals surface area contributed by atoms with Gasteiger partial charge in [-0.15, -0.1) is 0 Å². The third-order valence-corrected chi connectivity index (χ3v) is 8.01. The Kier molecular flexibility index (Phi) is 5.63. The third kappa shape index (κ3) is 4.23. The summed E-state index contributed by atoms with van der Waals surface area (Å²) in [5.41, 5.74) is 2.76. The number of anilines is 2. The summed E-state index contributed by atoms with van der Waals surface area (Å²) < 4.78 is 33.1. The van der Waals surface area contributed by atoms with Gasteiger partial charge < -0.3 is 14.3 Å². The van der Waals surface area contributed by atoms with Crippen LogP contribution in [0.3, 0.4) is 0 Å². The van der Waals surface area contributed by atoms with Gasteiger partial charge >= 0.3 is 6.01 Å². The predicted octanol–water partition coefficient (Wildman–Crippen LogP) is 2.68. The number of carbonyl (C=O) groups excluding carboxylic acids is 1. The summed E-state index contributed by atoms with van der Waals surface area (Å²) in [6.07, 6.45) is 1.37. The SMILES string of the molecule is Cc1ccc(-c2noc(N3CCN(S(=O)(=O)c4ccc(N5CCCC5=O)cc4)CC3)n2)cc1. The van der Waals surface area contributed by atoms with Crippen LogP contribution in [0.5, 0.6) is 0 Å². The molecule has 2 aliphatic rings. The van der Waals surface area contributed by atoms with E-state index in [0.717, 1.165) is 23.2 Å². The van der Waals surface area contributed by atoms with Crippen LogP contribution in [0, 0.1) is 6.92 Å². The van der Waals surface area contributed by atoms with Crippen LogP contribution in [0.25, 0.3) is 11.4 Å². The quantitative estimate of drug-likeness (QED) is 0.569. The number of piperazine rings is 1.